The topological polar surface area (TPSA) is 62.9 Å². The first kappa shape index (κ1) is 12.5. The van der Waals surface area contributed by atoms with E-state index in [1.165, 1.54) is 7.11 Å². The van der Waals surface area contributed by atoms with Gasteiger partial charge in [0, 0.05) is 18.5 Å². The van der Waals surface area contributed by atoms with Crippen molar-refractivity contribution < 1.29 is 19.1 Å². The average molecular weight is 265 g/mol. The van der Waals surface area contributed by atoms with E-state index in [-0.39, 0.29) is 17.6 Å². The zero-order chi connectivity index (χ0) is 13.6. The summed E-state index contributed by atoms with van der Waals surface area (Å²) in [4.78, 5) is 14.0. The molecule has 2 atom stereocenters. The van der Waals surface area contributed by atoms with Gasteiger partial charge in [-0.05, 0) is 24.8 Å². The van der Waals surface area contributed by atoms with E-state index in [1.54, 1.807) is 17.0 Å². The van der Waals surface area contributed by atoms with E-state index in [9.17, 15) is 9.90 Å². The molecule has 2 fully saturated rings. The third-order valence-corrected chi connectivity index (χ3v) is 4.36. The summed E-state index contributed by atoms with van der Waals surface area (Å²) in [5.41, 5.74) is -0.716. The van der Waals surface area contributed by atoms with Gasteiger partial charge in [0.1, 0.15) is 0 Å². The molecule has 19 heavy (non-hydrogen) atoms. The Hall–Kier alpha value is -1.49. The van der Waals surface area contributed by atoms with Gasteiger partial charge < -0.3 is 19.2 Å². The standard InChI is InChI=1S/C14H19NO4/c1-9-7-15(8-14(9,17)10-3-4-10)13(16)11-5-6-12(18-2)19-11/h5-6,9-10,17H,3-4,7-8H2,1-2H3/t9-,14+/m1/s1. The van der Waals surface area contributed by atoms with Crippen LogP contribution in [0.1, 0.15) is 30.3 Å². The van der Waals surface area contributed by atoms with Crippen LogP contribution in [0.5, 0.6) is 5.95 Å². The molecule has 0 spiro atoms. The molecule has 2 aliphatic rings. The number of nitrogens with zero attached hydrogens (tertiary/aromatic N) is 1. The molecule has 5 heteroatoms. The molecule has 5 nitrogen and oxygen atoms in total. The van der Waals surface area contributed by atoms with Gasteiger partial charge in [0.25, 0.3) is 11.9 Å². The molecule has 1 saturated heterocycles. The van der Waals surface area contributed by atoms with Crippen molar-refractivity contribution in [2.24, 2.45) is 11.8 Å². The van der Waals surface area contributed by atoms with E-state index in [1.807, 2.05) is 6.92 Å². The predicted octanol–water partition coefficient (Wildman–Crippen LogP) is 1.52. The molecule has 0 unspecified atom stereocenters. The fraction of sp³-hybridized carbons (Fsp3) is 0.643. The van der Waals surface area contributed by atoms with Gasteiger partial charge in [-0.2, -0.15) is 0 Å². The molecule has 0 radical (unpaired) electrons. The average Bonchev–Trinajstić information content (AvgIpc) is 3.07. The molecular weight excluding hydrogens is 246 g/mol. The Morgan fingerprint density at radius 2 is 2.26 bits per heavy atom. The molecule has 1 aliphatic heterocycles. The molecule has 1 aromatic rings. The van der Waals surface area contributed by atoms with Crippen LogP contribution < -0.4 is 4.74 Å². The molecule has 0 bridgehead atoms. The Labute approximate surface area is 112 Å². The van der Waals surface area contributed by atoms with Crippen molar-refractivity contribution in [2.45, 2.75) is 25.4 Å². The summed E-state index contributed by atoms with van der Waals surface area (Å²) in [5, 5.41) is 10.7. The van der Waals surface area contributed by atoms with E-state index < -0.39 is 5.60 Å². The Bertz CT molecular complexity index is 493. The predicted molar refractivity (Wildman–Crippen MR) is 68.0 cm³/mol. The number of likely N-dealkylation sites (tertiary alicyclic amines) is 1. The molecule has 1 aromatic heterocycles. The van der Waals surface area contributed by atoms with Gasteiger partial charge in [0.2, 0.25) is 0 Å². The van der Waals surface area contributed by atoms with Gasteiger partial charge in [-0.15, -0.1) is 0 Å². The number of hydrogen-bond acceptors (Lipinski definition) is 4. The van der Waals surface area contributed by atoms with Crippen LogP contribution in [0.3, 0.4) is 0 Å². The molecule has 0 aromatic carbocycles. The van der Waals surface area contributed by atoms with Gasteiger partial charge >= 0.3 is 0 Å². The Balaban J connectivity index is 1.75. The first-order valence-corrected chi connectivity index (χ1v) is 6.70. The van der Waals surface area contributed by atoms with E-state index >= 15 is 0 Å². The number of hydrogen-bond donors (Lipinski definition) is 1. The highest BCUT2D eigenvalue weighted by Crippen LogP contribution is 2.47. The first-order chi connectivity index (χ1) is 9.04. The summed E-state index contributed by atoms with van der Waals surface area (Å²) in [7, 11) is 1.50. The van der Waals surface area contributed by atoms with Gasteiger partial charge in [-0.3, -0.25) is 4.79 Å². The lowest BCUT2D eigenvalue weighted by molar-refractivity contribution is -0.00383. The highest BCUT2D eigenvalue weighted by atomic mass is 16.6. The fourth-order valence-electron chi connectivity index (χ4n) is 2.98. The second kappa shape index (κ2) is 4.27. The lowest BCUT2D eigenvalue weighted by atomic mass is 9.88. The van der Waals surface area contributed by atoms with E-state index in [2.05, 4.69) is 0 Å². The Morgan fingerprint density at radius 1 is 1.53 bits per heavy atom. The smallest absolute Gasteiger partial charge is 0.289 e. The number of carbonyl (C=O) groups excluding carboxylic acids is 1. The molecule has 1 N–H and O–H groups in total. The lowest BCUT2D eigenvalue weighted by Gasteiger charge is -2.26. The monoisotopic (exact) mass is 265 g/mol. The summed E-state index contributed by atoms with van der Waals surface area (Å²) in [5.74, 6) is 0.885. The summed E-state index contributed by atoms with van der Waals surface area (Å²) < 4.78 is 10.2. The zero-order valence-corrected chi connectivity index (χ0v) is 11.3. The van der Waals surface area contributed by atoms with Gasteiger partial charge in [-0.1, -0.05) is 6.92 Å². The maximum absolute atomic E-state index is 12.3. The van der Waals surface area contributed by atoms with Crippen molar-refractivity contribution in [3.8, 4) is 5.95 Å². The summed E-state index contributed by atoms with van der Waals surface area (Å²) in [6.07, 6.45) is 2.13. The van der Waals surface area contributed by atoms with Crippen LogP contribution in [0.15, 0.2) is 16.5 Å². The van der Waals surface area contributed by atoms with Crippen LogP contribution in [0.4, 0.5) is 0 Å². The number of aliphatic hydroxyl groups is 1. The molecule has 104 valence electrons. The molecule has 2 heterocycles. The van der Waals surface area contributed by atoms with Crippen molar-refractivity contribution in [2.75, 3.05) is 20.2 Å². The van der Waals surface area contributed by atoms with Crippen LogP contribution in [0.25, 0.3) is 0 Å². The number of amides is 1. The van der Waals surface area contributed by atoms with Gasteiger partial charge in [-0.25, -0.2) is 0 Å². The first-order valence-electron chi connectivity index (χ1n) is 6.70. The third kappa shape index (κ3) is 2.02. The molecule has 1 saturated carbocycles. The highest BCUT2D eigenvalue weighted by Gasteiger charge is 2.53. The number of ether oxygens (including phenoxy) is 1. The maximum atomic E-state index is 12.3. The zero-order valence-electron chi connectivity index (χ0n) is 11.3. The number of methoxy groups -OCH3 is 1. The maximum Gasteiger partial charge on any atom is 0.289 e. The van der Waals surface area contributed by atoms with E-state index in [0.29, 0.717) is 25.0 Å². The summed E-state index contributed by atoms with van der Waals surface area (Å²) in [6, 6.07) is 3.24. The van der Waals surface area contributed by atoms with Crippen molar-refractivity contribution in [1.29, 1.82) is 0 Å². The minimum atomic E-state index is -0.716. The molecular formula is C14H19NO4. The largest absolute Gasteiger partial charge is 0.468 e. The number of carbonyl (C=O) groups is 1. The summed E-state index contributed by atoms with van der Waals surface area (Å²) in [6.45, 7) is 2.99. The number of rotatable bonds is 3. The van der Waals surface area contributed by atoms with Crippen LogP contribution in [0, 0.1) is 11.8 Å². The van der Waals surface area contributed by atoms with Crippen LogP contribution in [0.2, 0.25) is 0 Å². The fourth-order valence-corrected chi connectivity index (χ4v) is 2.98. The SMILES string of the molecule is COc1ccc(C(=O)N2C[C@@H](C)[C@](O)(C3CC3)C2)o1. The van der Waals surface area contributed by atoms with Crippen LogP contribution >= 0.6 is 0 Å². The lowest BCUT2D eigenvalue weighted by Crippen LogP contribution is -2.40. The molecule has 1 aliphatic carbocycles. The minimum Gasteiger partial charge on any atom is -0.468 e. The van der Waals surface area contributed by atoms with Crippen LogP contribution in [-0.4, -0.2) is 41.7 Å². The van der Waals surface area contributed by atoms with Crippen LogP contribution in [-0.2, 0) is 0 Å². The second-order valence-electron chi connectivity index (χ2n) is 5.68. The number of β-amino-alcohol motifs (C(OH)–C–C–N with tert-alkyl or cyclic N) is 1. The Kier molecular flexibility index (Phi) is 2.82. The third-order valence-electron chi connectivity index (χ3n) is 4.36. The minimum absolute atomic E-state index is 0.112. The van der Waals surface area contributed by atoms with E-state index in [0.717, 1.165) is 12.8 Å². The van der Waals surface area contributed by atoms with E-state index in [4.69, 9.17) is 9.15 Å². The number of furan rings is 1. The normalized spacial score (nSPS) is 30.7. The van der Waals surface area contributed by atoms with Crippen molar-refractivity contribution in [3.05, 3.63) is 17.9 Å². The molecule has 3 rings (SSSR count). The second-order valence-corrected chi connectivity index (χ2v) is 5.68. The van der Waals surface area contributed by atoms with Crippen molar-refractivity contribution in [3.63, 3.8) is 0 Å². The Morgan fingerprint density at radius 3 is 2.84 bits per heavy atom. The summed E-state index contributed by atoms with van der Waals surface area (Å²) >= 11 is 0. The van der Waals surface area contributed by atoms with Gasteiger partial charge in [0.05, 0.1) is 19.3 Å². The van der Waals surface area contributed by atoms with Crippen molar-refractivity contribution >= 4 is 5.91 Å². The highest BCUT2D eigenvalue weighted by molar-refractivity contribution is 5.92. The molecule has 1 amide bonds. The quantitative estimate of drug-likeness (QED) is 0.900. The van der Waals surface area contributed by atoms with Crippen molar-refractivity contribution in [1.82, 2.24) is 4.90 Å². The van der Waals surface area contributed by atoms with Gasteiger partial charge in [0.15, 0.2) is 5.76 Å².